The zero-order valence-corrected chi connectivity index (χ0v) is 7.01. The van der Waals surface area contributed by atoms with Gasteiger partial charge in [0.15, 0.2) is 0 Å². The first kappa shape index (κ1) is 10.4. The molecule has 0 fully saturated rings. The maximum atomic E-state index is 11.6. The summed E-state index contributed by atoms with van der Waals surface area (Å²) in [6, 6.07) is -0.486. The van der Waals surface area contributed by atoms with Gasteiger partial charge < -0.3 is 10.6 Å². The molecule has 1 amide bonds. The smallest absolute Gasteiger partial charge is 0.238 e. The van der Waals surface area contributed by atoms with E-state index >= 15 is 0 Å². The summed E-state index contributed by atoms with van der Waals surface area (Å²) in [6.07, 6.45) is 0.384. The van der Waals surface area contributed by atoms with E-state index in [9.17, 15) is 9.18 Å². The molecular formula is C7H15FN2O. The van der Waals surface area contributed by atoms with Crippen molar-refractivity contribution in [3.63, 3.8) is 0 Å². The largest absolute Gasteiger partial charge is 0.344 e. The molecule has 0 saturated heterocycles. The molecule has 0 aliphatic carbocycles. The lowest BCUT2D eigenvalue weighted by Gasteiger charge is -2.18. The number of hydrogen-bond acceptors (Lipinski definition) is 2. The second kappa shape index (κ2) is 5.07. The van der Waals surface area contributed by atoms with Crippen molar-refractivity contribution in [1.29, 1.82) is 0 Å². The normalized spacial score (nSPS) is 12.7. The molecule has 0 aliphatic rings. The third kappa shape index (κ3) is 3.93. The Kier molecular flexibility index (Phi) is 4.77. The lowest BCUT2D eigenvalue weighted by molar-refractivity contribution is -0.130. The average Bonchev–Trinajstić information content (AvgIpc) is 1.98. The molecule has 0 aromatic heterocycles. The standard InChI is InChI=1S/C7H15FN2O/c1-6(9)7(11)10(2)5-3-4-8/h6H,3-5,9H2,1-2H3. The number of alkyl halides is 1. The number of nitrogens with two attached hydrogens (primary N) is 1. The van der Waals surface area contributed by atoms with E-state index in [4.69, 9.17) is 5.73 Å². The van der Waals surface area contributed by atoms with Gasteiger partial charge in [-0.15, -0.1) is 0 Å². The van der Waals surface area contributed by atoms with Gasteiger partial charge in [-0.25, -0.2) is 0 Å². The van der Waals surface area contributed by atoms with E-state index in [-0.39, 0.29) is 5.91 Å². The van der Waals surface area contributed by atoms with Crippen LogP contribution in [0.1, 0.15) is 13.3 Å². The quantitative estimate of drug-likeness (QED) is 0.639. The number of carbonyl (C=O) groups is 1. The minimum absolute atomic E-state index is 0.140. The summed E-state index contributed by atoms with van der Waals surface area (Å²) in [7, 11) is 1.63. The molecule has 3 nitrogen and oxygen atoms in total. The Morgan fingerprint density at radius 3 is 2.64 bits per heavy atom. The van der Waals surface area contributed by atoms with Gasteiger partial charge in [0, 0.05) is 13.6 Å². The van der Waals surface area contributed by atoms with Crippen LogP contribution in [0.15, 0.2) is 0 Å². The van der Waals surface area contributed by atoms with Crippen LogP contribution in [0.2, 0.25) is 0 Å². The molecule has 0 radical (unpaired) electrons. The van der Waals surface area contributed by atoms with Crippen LogP contribution in [0.5, 0.6) is 0 Å². The number of hydrogen-bond donors (Lipinski definition) is 1. The van der Waals surface area contributed by atoms with Crippen molar-refractivity contribution in [3.8, 4) is 0 Å². The fourth-order valence-electron chi connectivity index (χ4n) is 0.755. The number of halogens is 1. The first-order valence-corrected chi connectivity index (χ1v) is 3.66. The molecule has 0 spiro atoms. The summed E-state index contributed by atoms with van der Waals surface area (Å²) in [4.78, 5) is 12.5. The van der Waals surface area contributed by atoms with Crippen molar-refractivity contribution < 1.29 is 9.18 Å². The van der Waals surface area contributed by atoms with E-state index in [2.05, 4.69) is 0 Å². The van der Waals surface area contributed by atoms with Crippen LogP contribution >= 0.6 is 0 Å². The van der Waals surface area contributed by atoms with Crippen molar-refractivity contribution in [2.24, 2.45) is 5.73 Å². The highest BCUT2D eigenvalue weighted by Gasteiger charge is 2.11. The van der Waals surface area contributed by atoms with Crippen LogP contribution < -0.4 is 5.73 Å². The molecule has 0 rings (SSSR count). The number of likely N-dealkylation sites (N-methyl/N-ethyl adjacent to an activating group) is 1. The predicted octanol–water partition coefficient (Wildman–Crippen LogP) is 0.152. The zero-order valence-electron chi connectivity index (χ0n) is 7.01. The van der Waals surface area contributed by atoms with Gasteiger partial charge in [0.2, 0.25) is 5.91 Å². The zero-order chi connectivity index (χ0) is 8.85. The molecule has 0 saturated carbocycles. The van der Waals surface area contributed by atoms with E-state index in [0.717, 1.165) is 0 Å². The second-order valence-electron chi connectivity index (χ2n) is 2.59. The van der Waals surface area contributed by atoms with Gasteiger partial charge in [-0.3, -0.25) is 9.18 Å². The van der Waals surface area contributed by atoms with Crippen LogP contribution in [0, 0.1) is 0 Å². The lowest BCUT2D eigenvalue weighted by atomic mass is 10.3. The van der Waals surface area contributed by atoms with Gasteiger partial charge in [-0.05, 0) is 13.3 Å². The number of rotatable bonds is 4. The van der Waals surface area contributed by atoms with Crippen LogP contribution in [-0.4, -0.2) is 37.1 Å². The first-order valence-electron chi connectivity index (χ1n) is 3.66. The molecule has 0 aliphatic heterocycles. The van der Waals surface area contributed by atoms with E-state index in [0.29, 0.717) is 13.0 Å². The van der Waals surface area contributed by atoms with Crippen molar-refractivity contribution in [2.45, 2.75) is 19.4 Å². The van der Waals surface area contributed by atoms with Gasteiger partial charge in [-0.2, -0.15) is 0 Å². The summed E-state index contributed by atoms with van der Waals surface area (Å²) in [6.45, 7) is 1.67. The molecule has 0 aromatic rings. The molecule has 1 unspecified atom stereocenters. The highest BCUT2D eigenvalue weighted by molar-refractivity contribution is 5.80. The summed E-state index contributed by atoms with van der Waals surface area (Å²) < 4.78 is 11.6. The van der Waals surface area contributed by atoms with Crippen LogP contribution in [0.3, 0.4) is 0 Å². The number of nitrogens with zero attached hydrogens (tertiary/aromatic N) is 1. The summed E-state index contributed by atoms with van der Waals surface area (Å²) in [5, 5.41) is 0. The monoisotopic (exact) mass is 162 g/mol. The predicted molar refractivity (Wildman–Crippen MR) is 41.9 cm³/mol. The molecule has 66 valence electrons. The lowest BCUT2D eigenvalue weighted by Crippen LogP contribution is -2.40. The molecule has 0 heterocycles. The van der Waals surface area contributed by atoms with Gasteiger partial charge in [0.1, 0.15) is 0 Å². The minimum atomic E-state index is -0.486. The molecule has 4 heteroatoms. The van der Waals surface area contributed by atoms with Gasteiger partial charge >= 0.3 is 0 Å². The first-order chi connectivity index (χ1) is 5.09. The Bertz CT molecular complexity index is 128. The topological polar surface area (TPSA) is 46.3 Å². The van der Waals surface area contributed by atoms with Crippen molar-refractivity contribution in [2.75, 3.05) is 20.3 Å². The maximum absolute atomic E-state index is 11.6. The minimum Gasteiger partial charge on any atom is -0.344 e. The Hall–Kier alpha value is -0.640. The SMILES string of the molecule is CC(N)C(=O)N(C)CCCF. The Labute approximate surface area is 66.4 Å². The molecule has 11 heavy (non-hydrogen) atoms. The van der Waals surface area contributed by atoms with E-state index in [1.54, 1.807) is 14.0 Å². The highest BCUT2D eigenvalue weighted by Crippen LogP contribution is 1.91. The van der Waals surface area contributed by atoms with Gasteiger partial charge in [-0.1, -0.05) is 0 Å². The fourth-order valence-corrected chi connectivity index (χ4v) is 0.755. The van der Waals surface area contributed by atoms with Crippen LogP contribution in [-0.2, 0) is 4.79 Å². The average molecular weight is 162 g/mol. The Morgan fingerprint density at radius 2 is 2.27 bits per heavy atom. The summed E-state index contributed by atoms with van der Waals surface area (Å²) in [5.41, 5.74) is 5.32. The third-order valence-corrected chi connectivity index (χ3v) is 1.39. The van der Waals surface area contributed by atoms with E-state index < -0.39 is 12.7 Å². The second-order valence-corrected chi connectivity index (χ2v) is 2.59. The van der Waals surface area contributed by atoms with Gasteiger partial charge in [0.05, 0.1) is 12.7 Å². The van der Waals surface area contributed by atoms with Crippen molar-refractivity contribution in [3.05, 3.63) is 0 Å². The molecule has 1 atom stereocenters. The van der Waals surface area contributed by atoms with Crippen molar-refractivity contribution >= 4 is 5.91 Å². The number of carbonyl (C=O) groups excluding carboxylic acids is 1. The van der Waals surface area contributed by atoms with E-state index in [1.807, 2.05) is 0 Å². The highest BCUT2D eigenvalue weighted by atomic mass is 19.1. The number of amides is 1. The Balaban J connectivity index is 3.64. The van der Waals surface area contributed by atoms with E-state index in [1.165, 1.54) is 4.90 Å². The molecular weight excluding hydrogens is 147 g/mol. The maximum Gasteiger partial charge on any atom is 0.238 e. The molecule has 0 bridgehead atoms. The Morgan fingerprint density at radius 1 is 1.73 bits per heavy atom. The molecule has 2 N–H and O–H groups in total. The van der Waals surface area contributed by atoms with Crippen LogP contribution in [0.4, 0.5) is 4.39 Å². The van der Waals surface area contributed by atoms with Crippen LogP contribution in [0.25, 0.3) is 0 Å². The summed E-state index contributed by atoms with van der Waals surface area (Å²) in [5.74, 6) is -0.140. The third-order valence-electron chi connectivity index (χ3n) is 1.39. The molecule has 0 aromatic carbocycles. The van der Waals surface area contributed by atoms with Crippen molar-refractivity contribution in [1.82, 2.24) is 4.90 Å². The van der Waals surface area contributed by atoms with Gasteiger partial charge in [0.25, 0.3) is 0 Å². The fraction of sp³-hybridized carbons (Fsp3) is 0.857. The summed E-state index contributed by atoms with van der Waals surface area (Å²) >= 11 is 0.